The topological polar surface area (TPSA) is 21.3 Å². The molecule has 1 aliphatic carbocycles. The van der Waals surface area contributed by atoms with Crippen LogP contribution in [0.4, 0.5) is 5.69 Å². The molecule has 1 saturated carbocycles. The SMILES string of the molecule is CC1(C)CC(Nc2ccc(SC3CCCC3)cc2)CCO1. The first-order chi connectivity index (χ1) is 10.1. The molecule has 0 bridgehead atoms. The lowest BCUT2D eigenvalue weighted by Crippen LogP contribution is -2.40. The van der Waals surface area contributed by atoms with Crippen molar-refractivity contribution in [2.75, 3.05) is 11.9 Å². The minimum absolute atomic E-state index is 0.00812. The second-order valence-electron chi connectivity index (χ2n) is 6.99. The van der Waals surface area contributed by atoms with Crippen LogP contribution in [0.1, 0.15) is 52.4 Å². The zero-order valence-corrected chi connectivity index (χ0v) is 14.0. The van der Waals surface area contributed by atoms with E-state index in [9.17, 15) is 0 Å². The predicted molar refractivity (Wildman–Crippen MR) is 91.2 cm³/mol. The number of hydrogen-bond donors (Lipinski definition) is 1. The standard InChI is InChI=1S/C18H27NOS/c1-18(2)13-15(11-12-20-18)19-14-7-9-17(10-8-14)21-16-5-3-4-6-16/h7-10,15-16,19H,3-6,11-13H2,1-2H3. The molecule has 3 heteroatoms. The lowest BCUT2D eigenvalue weighted by molar-refractivity contribution is -0.0553. The highest BCUT2D eigenvalue weighted by atomic mass is 32.2. The maximum absolute atomic E-state index is 5.78. The Morgan fingerprint density at radius 2 is 1.81 bits per heavy atom. The van der Waals surface area contributed by atoms with Crippen LogP contribution in [-0.2, 0) is 4.74 Å². The van der Waals surface area contributed by atoms with Crippen molar-refractivity contribution in [3.05, 3.63) is 24.3 Å². The van der Waals surface area contributed by atoms with Crippen LogP contribution in [0.2, 0.25) is 0 Å². The van der Waals surface area contributed by atoms with E-state index >= 15 is 0 Å². The van der Waals surface area contributed by atoms with Crippen molar-refractivity contribution in [3.8, 4) is 0 Å². The molecule has 2 aliphatic rings. The third kappa shape index (κ3) is 4.40. The van der Waals surface area contributed by atoms with Crippen LogP contribution >= 0.6 is 11.8 Å². The number of rotatable bonds is 4. The van der Waals surface area contributed by atoms with Gasteiger partial charge in [-0.2, -0.15) is 0 Å². The van der Waals surface area contributed by atoms with E-state index in [-0.39, 0.29) is 5.60 Å². The molecular weight excluding hydrogens is 278 g/mol. The van der Waals surface area contributed by atoms with E-state index < -0.39 is 0 Å². The lowest BCUT2D eigenvalue weighted by Gasteiger charge is -2.36. The average Bonchev–Trinajstić information content (AvgIpc) is 2.93. The molecule has 1 saturated heterocycles. The number of anilines is 1. The van der Waals surface area contributed by atoms with Gasteiger partial charge in [0.25, 0.3) is 0 Å². The summed E-state index contributed by atoms with van der Waals surface area (Å²) in [6.45, 7) is 5.23. The van der Waals surface area contributed by atoms with E-state index in [1.54, 1.807) is 0 Å². The fraction of sp³-hybridized carbons (Fsp3) is 0.667. The second kappa shape index (κ2) is 6.62. The highest BCUT2D eigenvalue weighted by Crippen LogP contribution is 2.35. The maximum Gasteiger partial charge on any atom is 0.0646 e. The van der Waals surface area contributed by atoms with Gasteiger partial charge in [-0.15, -0.1) is 11.8 Å². The van der Waals surface area contributed by atoms with Gasteiger partial charge in [0.1, 0.15) is 0 Å². The van der Waals surface area contributed by atoms with Crippen LogP contribution in [0, 0.1) is 0 Å². The Bertz CT molecular complexity index is 451. The molecular formula is C18H27NOS. The van der Waals surface area contributed by atoms with Gasteiger partial charge in [-0.1, -0.05) is 12.8 Å². The molecule has 2 nitrogen and oxygen atoms in total. The average molecular weight is 305 g/mol. The van der Waals surface area contributed by atoms with Crippen molar-refractivity contribution in [2.45, 2.75) is 74.2 Å². The van der Waals surface area contributed by atoms with Gasteiger partial charge in [-0.3, -0.25) is 0 Å². The molecule has 21 heavy (non-hydrogen) atoms. The quantitative estimate of drug-likeness (QED) is 0.837. The minimum Gasteiger partial charge on any atom is -0.382 e. The van der Waals surface area contributed by atoms with Crippen LogP contribution in [0.25, 0.3) is 0 Å². The van der Waals surface area contributed by atoms with Gasteiger partial charge >= 0.3 is 0 Å². The summed E-state index contributed by atoms with van der Waals surface area (Å²) in [4.78, 5) is 1.42. The molecule has 0 aromatic heterocycles. The zero-order chi connectivity index (χ0) is 14.7. The highest BCUT2D eigenvalue weighted by Gasteiger charge is 2.28. The zero-order valence-electron chi connectivity index (χ0n) is 13.2. The fourth-order valence-corrected chi connectivity index (χ4v) is 4.67. The third-order valence-electron chi connectivity index (χ3n) is 4.53. The smallest absolute Gasteiger partial charge is 0.0646 e. The summed E-state index contributed by atoms with van der Waals surface area (Å²) < 4.78 is 5.78. The highest BCUT2D eigenvalue weighted by molar-refractivity contribution is 8.00. The predicted octanol–water partition coefficient (Wildman–Crippen LogP) is 5.09. The van der Waals surface area contributed by atoms with E-state index in [1.165, 1.54) is 36.3 Å². The molecule has 1 heterocycles. The largest absolute Gasteiger partial charge is 0.382 e. The number of nitrogens with one attached hydrogen (secondary N) is 1. The summed E-state index contributed by atoms with van der Waals surface area (Å²) in [6.07, 6.45) is 7.78. The molecule has 1 aromatic carbocycles. The monoisotopic (exact) mass is 305 g/mol. The summed E-state index contributed by atoms with van der Waals surface area (Å²) in [5.74, 6) is 0. The summed E-state index contributed by atoms with van der Waals surface area (Å²) >= 11 is 2.06. The third-order valence-corrected chi connectivity index (χ3v) is 5.88. The lowest BCUT2D eigenvalue weighted by atomic mass is 9.94. The molecule has 0 radical (unpaired) electrons. The Morgan fingerprint density at radius 1 is 1.10 bits per heavy atom. The number of hydrogen-bond acceptors (Lipinski definition) is 3. The van der Waals surface area contributed by atoms with Crippen LogP contribution in [-0.4, -0.2) is 23.5 Å². The Balaban J connectivity index is 1.54. The number of benzene rings is 1. The molecule has 1 aliphatic heterocycles. The van der Waals surface area contributed by atoms with Gasteiger partial charge in [0.2, 0.25) is 0 Å². The molecule has 3 rings (SSSR count). The van der Waals surface area contributed by atoms with Crippen molar-refractivity contribution >= 4 is 17.4 Å². The van der Waals surface area contributed by atoms with E-state index in [4.69, 9.17) is 4.74 Å². The Labute approximate surface area is 133 Å². The molecule has 1 aromatic rings. The Kier molecular flexibility index (Phi) is 4.80. The molecule has 116 valence electrons. The minimum atomic E-state index is 0.00812. The van der Waals surface area contributed by atoms with Crippen molar-refractivity contribution in [2.24, 2.45) is 0 Å². The Morgan fingerprint density at radius 3 is 2.48 bits per heavy atom. The van der Waals surface area contributed by atoms with Crippen LogP contribution in [0.5, 0.6) is 0 Å². The van der Waals surface area contributed by atoms with Gasteiger partial charge in [0, 0.05) is 28.5 Å². The van der Waals surface area contributed by atoms with Gasteiger partial charge in [0.05, 0.1) is 5.60 Å². The maximum atomic E-state index is 5.78. The van der Waals surface area contributed by atoms with Gasteiger partial charge < -0.3 is 10.1 Å². The molecule has 0 amide bonds. The van der Waals surface area contributed by atoms with Gasteiger partial charge in [-0.25, -0.2) is 0 Å². The number of thioether (sulfide) groups is 1. The molecule has 1 N–H and O–H groups in total. The summed E-state index contributed by atoms with van der Waals surface area (Å²) in [7, 11) is 0. The first-order valence-corrected chi connectivity index (χ1v) is 9.16. The van der Waals surface area contributed by atoms with Crippen LogP contribution in [0.3, 0.4) is 0 Å². The number of ether oxygens (including phenoxy) is 1. The molecule has 0 spiro atoms. The first-order valence-electron chi connectivity index (χ1n) is 8.28. The van der Waals surface area contributed by atoms with E-state index in [0.29, 0.717) is 6.04 Å². The Hall–Kier alpha value is -0.670. The van der Waals surface area contributed by atoms with Gasteiger partial charge in [-0.05, 0) is 63.8 Å². The van der Waals surface area contributed by atoms with Crippen LogP contribution in [0.15, 0.2) is 29.2 Å². The summed E-state index contributed by atoms with van der Waals surface area (Å²) in [5, 5.41) is 4.52. The van der Waals surface area contributed by atoms with Crippen molar-refractivity contribution in [1.29, 1.82) is 0 Å². The van der Waals surface area contributed by atoms with Crippen molar-refractivity contribution in [1.82, 2.24) is 0 Å². The molecule has 1 atom stereocenters. The van der Waals surface area contributed by atoms with E-state index in [1.807, 2.05) is 0 Å². The summed E-state index contributed by atoms with van der Waals surface area (Å²) in [6, 6.07) is 9.55. The molecule has 2 fully saturated rings. The first kappa shape index (κ1) is 15.2. The molecule has 1 unspecified atom stereocenters. The fourth-order valence-electron chi connectivity index (χ4n) is 3.42. The van der Waals surface area contributed by atoms with E-state index in [2.05, 4.69) is 55.2 Å². The second-order valence-corrected chi connectivity index (χ2v) is 8.36. The van der Waals surface area contributed by atoms with Crippen molar-refractivity contribution in [3.63, 3.8) is 0 Å². The van der Waals surface area contributed by atoms with E-state index in [0.717, 1.165) is 24.7 Å². The normalized spacial score (nSPS) is 25.9. The van der Waals surface area contributed by atoms with Crippen LogP contribution < -0.4 is 5.32 Å². The summed E-state index contributed by atoms with van der Waals surface area (Å²) in [5.41, 5.74) is 1.25. The van der Waals surface area contributed by atoms with Crippen molar-refractivity contribution < 1.29 is 4.74 Å². The van der Waals surface area contributed by atoms with Gasteiger partial charge in [0.15, 0.2) is 0 Å².